The fourth-order valence-corrected chi connectivity index (χ4v) is 2.41. The van der Waals surface area contributed by atoms with E-state index in [1.165, 1.54) is 12.8 Å². The zero-order chi connectivity index (χ0) is 13.2. The smallest absolute Gasteiger partial charge is 0.323 e. The largest absolute Gasteiger partial charge is 0.480 e. The van der Waals surface area contributed by atoms with Gasteiger partial charge in [-0.25, -0.2) is 0 Å². The first-order valence-corrected chi connectivity index (χ1v) is 6.56. The summed E-state index contributed by atoms with van der Waals surface area (Å²) in [5.74, 6) is -0.127. The molecule has 1 aromatic carbocycles. The van der Waals surface area contributed by atoms with Gasteiger partial charge in [-0.3, -0.25) is 10.1 Å². The molecule has 0 amide bonds. The molecule has 18 heavy (non-hydrogen) atoms. The van der Waals surface area contributed by atoms with Crippen LogP contribution in [0.2, 0.25) is 0 Å². The predicted molar refractivity (Wildman–Crippen MR) is 71.5 cm³/mol. The quantitative estimate of drug-likeness (QED) is 0.812. The summed E-state index contributed by atoms with van der Waals surface area (Å²) in [5, 5.41) is 12.8. The van der Waals surface area contributed by atoms with E-state index < -0.39 is 11.5 Å². The number of carbonyl (C=O) groups is 1. The van der Waals surface area contributed by atoms with Gasteiger partial charge in [0.05, 0.1) is 0 Å². The van der Waals surface area contributed by atoms with E-state index in [0.717, 1.165) is 5.56 Å². The summed E-state index contributed by atoms with van der Waals surface area (Å²) < 4.78 is 0. The Morgan fingerprint density at radius 2 is 2.06 bits per heavy atom. The molecule has 0 spiro atoms. The number of carboxylic acids is 1. The zero-order valence-electron chi connectivity index (χ0n) is 11.0. The lowest BCUT2D eigenvalue weighted by atomic mass is 9.91. The molecule has 2 N–H and O–H groups in total. The first kappa shape index (κ1) is 13.1. The van der Waals surface area contributed by atoms with Gasteiger partial charge in [-0.15, -0.1) is 0 Å². The van der Waals surface area contributed by atoms with Crippen LogP contribution in [0, 0.1) is 5.92 Å². The lowest BCUT2D eigenvalue weighted by molar-refractivity contribution is -0.144. The second-order valence-electron chi connectivity index (χ2n) is 5.57. The Morgan fingerprint density at radius 3 is 2.56 bits per heavy atom. The molecule has 1 aliphatic rings. The van der Waals surface area contributed by atoms with Crippen LogP contribution in [-0.4, -0.2) is 22.7 Å². The molecule has 2 atom stereocenters. The van der Waals surface area contributed by atoms with Crippen molar-refractivity contribution in [1.29, 1.82) is 0 Å². The molecular formula is C15H21NO2. The van der Waals surface area contributed by atoms with Gasteiger partial charge in [0.1, 0.15) is 5.54 Å². The van der Waals surface area contributed by atoms with Crippen molar-refractivity contribution in [3.63, 3.8) is 0 Å². The molecule has 0 aromatic heterocycles. The maximum atomic E-state index is 11.5. The van der Waals surface area contributed by atoms with Gasteiger partial charge in [0.25, 0.3) is 0 Å². The highest BCUT2D eigenvalue weighted by atomic mass is 16.4. The third kappa shape index (κ3) is 3.10. The van der Waals surface area contributed by atoms with E-state index in [2.05, 4.69) is 12.2 Å². The second kappa shape index (κ2) is 5.11. The van der Waals surface area contributed by atoms with E-state index >= 15 is 0 Å². The van der Waals surface area contributed by atoms with Crippen molar-refractivity contribution in [3.8, 4) is 0 Å². The van der Waals surface area contributed by atoms with Crippen LogP contribution in [0.5, 0.6) is 0 Å². The van der Waals surface area contributed by atoms with Crippen molar-refractivity contribution >= 4 is 5.97 Å². The van der Waals surface area contributed by atoms with E-state index in [4.69, 9.17) is 0 Å². The van der Waals surface area contributed by atoms with Gasteiger partial charge in [-0.2, -0.15) is 0 Å². The molecule has 0 aliphatic heterocycles. The molecule has 2 rings (SSSR count). The molecule has 2 unspecified atom stereocenters. The number of rotatable bonds is 6. The molecule has 98 valence electrons. The monoisotopic (exact) mass is 247 g/mol. The van der Waals surface area contributed by atoms with E-state index in [1.807, 2.05) is 30.3 Å². The van der Waals surface area contributed by atoms with E-state index in [9.17, 15) is 9.90 Å². The third-order valence-corrected chi connectivity index (χ3v) is 3.75. The van der Waals surface area contributed by atoms with E-state index in [0.29, 0.717) is 12.3 Å². The maximum absolute atomic E-state index is 11.5. The first-order chi connectivity index (χ1) is 8.51. The first-order valence-electron chi connectivity index (χ1n) is 6.56. The van der Waals surface area contributed by atoms with Crippen molar-refractivity contribution in [3.05, 3.63) is 35.9 Å². The molecule has 0 saturated heterocycles. The van der Waals surface area contributed by atoms with Gasteiger partial charge in [-0.1, -0.05) is 30.3 Å². The van der Waals surface area contributed by atoms with Crippen LogP contribution in [-0.2, 0) is 11.2 Å². The number of aliphatic carboxylic acids is 1. The minimum atomic E-state index is -0.886. The minimum absolute atomic E-state index is 0.273. The molecule has 0 radical (unpaired) electrons. The molecule has 3 nitrogen and oxygen atoms in total. The summed E-state index contributed by atoms with van der Waals surface area (Å²) in [6.07, 6.45) is 2.95. The van der Waals surface area contributed by atoms with Crippen LogP contribution in [0.4, 0.5) is 0 Å². The van der Waals surface area contributed by atoms with E-state index in [-0.39, 0.29) is 6.04 Å². The molecule has 1 aliphatic carbocycles. The number of carboxylic acid groups (broad SMARTS) is 1. The molecule has 3 heteroatoms. The molecular weight excluding hydrogens is 226 g/mol. The van der Waals surface area contributed by atoms with Gasteiger partial charge in [-0.05, 0) is 38.2 Å². The van der Waals surface area contributed by atoms with Crippen LogP contribution in [0.25, 0.3) is 0 Å². The number of hydrogen-bond acceptors (Lipinski definition) is 2. The van der Waals surface area contributed by atoms with Crippen LogP contribution < -0.4 is 5.32 Å². The van der Waals surface area contributed by atoms with Gasteiger partial charge in [0.15, 0.2) is 0 Å². The summed E-state index contributed by atoms with van der Waals surface area (Å²) in [7, 11) is 0. The highest BCUT2D eigenvalue weighted by Crippen LogP contribution is 2.33. The Morgan fingerprint density at radius 1 is 1.44 bits per heavy atom. The molecule has 0 bridgehead atoms. The maximum Gasteiger partial charge on any atom is 0.323 e. The highest BCUT2D eigenvalue weighted by Gasteiger charge is 2.38. The Balaban J connectivity index is 2.08. The Kier molecular flexibility index (Phi) is 3.71. The third-order valence-electron chi connectivity index (χ3n) is 3.75. The molecule has 1 saturated carbocycles. The van der Waals surface area contributed by atoms with Crippen molar-refractivity contribution in [2.75, 3.05) is 0 Å². The van der Waals surface area contributed by atoms with Gasteiger partial charge < -0.3 is 5.11 Å². The van der Waals surface area contributed by atoms with Crippen LogP contribution >= 0.6 is 0 Å². The van der Waals surface area contributed by atoms with Crippen molar-refractivity contribution in [2.24, 2.45) is 5.92 Å². The Bertz CT molecular complexity index is 414. The summed E-state index contributed by atoms with van der Waals surface area (Å²) in [6, 6.07) is 10.1. The minimum Gasteiger partial charge on any atom is -0.480 e. The lowest BCUT2D eigenvalue weighted by Gasteiger charge is -2.30. The SMILES string of the molecule is CC(NC(C)(Cc1ccccc1)C(=O)O)C1CC1. The van der Waals surface area contributed by atoms with Gasteiger partial charge in [0.2, 0.25) is 0 Å². The van der Waals surface area contributed by atoms with Gasteiger partial charge in [0, 0.05) is 12.5 Å². The normalized spacial score (nSPS) is 20.1. The average Bonchev–Trinajstić information content (AvgIpc) is 3.13. The summed E-state index contributed by atoms with van der Waals surface area (Å²) in [4.78, 5) is 11.5. The number of nitrogens with one attached hydrogen (secondary N) is 1. The molecule has 1 aromatic rings. The zero-order valence-corrected chi connectivity index (χ0v) is 11.0. The fraction of sp³-hybridized carbons (Fsp3) is 0.533. The topological polar surface area (TPSA) is 49.3 Å². The lowest BCUT2D eigenvalue weighted by Crippen LogP contribution is -2.55. The van der Waals surface area contributed by atoms with Gasteiger partial charge >= 0.3 is 5.97 Å². The fourth-order valence-electron chi connectivity index (χ4n) is 2.41. The van der Waals surface area contributed by atoms with Crippen LogP contribution in [0.3, 0.4) is 0 Å². The standard InChI is InChI=1S/C15H21NO2/c1-11(13-8-9-13)16-15(2,14(17)18)10-12-6-4-3-5-7-12/h3-7,11,13,16H,8-10H2,1-2H3,(H,17,18). The van der Waals surface area contributed by atoms with Crippen molar-refractivity contribution in [1.82, 2.24) is 5.32 Å². The van der Waals surface area contributed by atoms with E-state index in [1.54, 1.807) is 6.92 Å². The molecule has 0 heterocycles. The Hall–Kier alpha value is -1.35. The summed E-state index contributed by atoms with van der Waals surface area (Å²) in [5.41, 5.74) is 0.168. The number of hydrogen-bond donors (Lipinski definition) is 2. The van der Waals surface area contributed by atoms with Crippen LogP contribution in [0.15, 0.2) is 30.3 Å². The van der Waals surface area contributed by atoms with Crippen molar-refractivity contribution in [2.45, 2.75) is 44.7 Å². The summed E-state index contributed by atoms with van der Waals surface area (Å²) >= 11 is 0. The highest BCUT2D eigenvalue weighted by molar-refractivity contribution is 5.78. The predicted octanol–water partition coefficient (Wildman–Crippen LogP) is 2.46. The van der Waals surface area contributed by atoms with Crippen molar-refractivity contribution < 1.29 is 9.90 Å². The summed E-state index contributed by atoms with van der Waals surface area (Å²) in [6.45, 7) is 3.87. The second-order valence-corrected chi connectivity index (χ2v) is 5.57. The average molecular weight is 247 g/mol. The number of benzene rings is 1. The van der Waals surface area contributed by atoms with Crippen LogP contribution in [0.1, 0.15) is 32.3 Å². The Labute approximate surface area is 108 Å². The molecule has 1 fully saturated rings.